The van der Waals surface area contributed by atoms with Gasteiger partial charge in [-0.1, -0.05) is 64.6 Å². The first kappa shape index (κ1) is 15.4. The van der Waals surface area contributed by atoms with E-state index >= 15 is 0 Å². The Kier molecular flexibility index (Phi) is 6.02. The summed E-state index contributed by atoms with van der Waals surface area (Å²) in [5, 5.41) is 7.63. The average Bonchev–Trinajstić information content (AvgIpc) is 2.28. The van der Waals surface area contributed by atoms with Gasteiger partial charge in [-0.3, -0.25) is 5.41 Å². The zero-order valence-electron chi connectivity index (χ0n) is 9.38. The van der Waals surface area contributed by atoms with Gasteiger partial charge in [0.1, 0.15) is 9.54 Å². The standard InChI is InChI=1S/C11H10Cl3N3S/c1-6-2-4-7(5-3-6)10(18-11(15)16)17-9(14)8(12)13/h2-5H,1H3,(H3,15,16)/b17-10+. The molecule has 0 aliphatic carbocycles. The monoisotopic (exact) mass is 321 g/mol. The number of aliphatic imine (C=N–C) groups is 1. The Balaban J connectivity index is 3.17. The molecule has 96 valence electrons. The second kappa shape index (κ2) is 7.04. The normalized spacial score (nSPS) is 11.2. The van der Waals surface area contributed by atoms with E-state index in [1.54, 1.807) is 0 Å². The Morgan fingerprint density at radius 1 is 1.22 bits per heavy atom. The molecule has 7 heteroatoms. The molecule has 0 radical (unpaired) electrons. The van der Waals surface area contributed by atoms with Crippen LogP contribution in [0.25, 0.3) is 0 Å². The Hall–Kier alpha value is -0.680. The number of rotatable bonds is 2. The van der Waals surface area contributed by atoms with E-state index in [1.807, 2.05) is 31.2 Å². The molecule has 0 spiro atoms. The highest BCUT2D eigenvalue weighted by Crippen LogP contribution is 2.23. The number of thioether (sulfide) groups is 1. The highest BCUT2D eigenvalue weighted by Gasteiger charge is 2.08. The van der Waals surface area contributed by atoms with E-state index < -0.39 is 0 Å². The SMILES string of the molecule is Cc1ccc(/C(=N\C(Cl)=C(Cl)Cl)SC(=N)N)cc1. The van der Waals surface area contributed by atoms with Crippen LogP contribution in [0.1, 0.15) is 11.1 Å². The van der Waals surface area contributed by atoms with Crippen LogP contribution in [0.5, 0.6) is 0 Å². The summed E-state index contributed by atoms with van der Waals surface area (Å²) >= 11 is 17.8. The van der Waals surface area contributed by atoms with Gasteiger partial charge in [-0.25, -0.2) is 4.99 Å². The molecule has 3 nitrogen and oxygen atoms in total. The summed E-state index contributed by atoms with van der Waals surface area (Å²) < 4.78 is -0.134. The zero-order valence-corrected chi connectivity index (χ0v) is 12.5. The van der Waals surface area contributed by atoms with Crippen molar-refractivity contribution in [1.29, 1.82) is 5.41 Å². The van der Waals surface area contributed by atoms with Crippen LogP contribution in [0.15, 0.2) is 38.9 Å². The van der Waals surface area contributed by atoms with E-state index in [-0.39, 0.29) is 14.8 Å². The molecule has 0 heterocycles. The van der Waals surface area contributed by atoms with Gasteiger partial charge in [0.2, 0.25) is 0 Å². The van der Waals surface area contributed by atoms with Crippen molar-refractivity contribution in [2.75, 3.05) is 0 Å². The van der Waals surface area contributed by atoms with Gasteiger partial charge in [-0.2, -0.15) is 0 Å². The molecule has 0 fully saturated rings. The third kappa shape index (κ3) is 4.90. The van der Waals surface area contributed by atoms with Gasteiger partial charge in [-0.05, 0) is 18.7 Å². The van der Waals surface area contributed by atoms with Crippen LogP contribution in [0.4, 0.5) is 0 Å². The largest absolute Gasteiger partial charge is 0.378 e. The number of hydrogen-bond donors (Lipinski definition) is 2. The molecule has 3 N–H and O–H groups in total. The molecular weight excluding hydrogens is 313 g/mol. The molecule has 0 unspecified atom stereocenters. The third-order valence-corrected chi connectivity index (χ3v) is 3.43. The predicted molar refractivity (Wildman–Crippen MR) is 81.8 cm³/mol. The van der Waals surface area contributed by atoms with Crippen molar-refractivity contribution in [3.8, 4) is 0 Å². The van der Waals surface area contributed by atoms with Gasteiger partial charge in [0, 0.05) is 5.56 Å². The van der Waals surface area contributed by atoms with Gasteiger partial charge in [0.15, 0.2) is 10.3 Å². The lowest BCUT2D eigenvalue weighted by Gasteiger charge is -2.05. The first-order valence-electron chi connectivity index (χ1n) is 4.78. The third-order valence-electron chi connectivity index (χ3n) is 1.86. The number of hydrogen-bond acceptors (Lipinski definition) is 3. The van der Waals surface area contributed by atoms with Crippen molar-refractivity contribution in [3.05, 3.63) is 45.0 Å². The van der Waals surface area contributed by atoms with E-state index in [2.05, 4.69) is 4.99 Å². The molecular formula is C11H10Cl3N3S. The van der Waals surface area contributed by atoms with Crippen molar-refractivity contribution < 1.29 is 0 Å². The van der Waals surface area contributed by atoms with Crippen molar-refractivity contribution in [2.45, 2.75) is 6.92 Å². The van der Waals surface area contributed by atoms with Crippen LogP contribution >= 0.6 is 46.6 Å². The fourth-order valence-electron chi connectivity index (χ4n) is 1.08. The van der Waals surface area contributed by atoms with Crippen molar-refractivity contribution >= 4 is 56.8 Å². The molecule has 0 amide bonds. The molecule has 1 aromatic rings. The van der Waals surface area contributed by atoms with Gasteiger partial charge in [0.25, 0.3) is 0 Å². The number of amidine groups is 1. The first-order valence-corrected chi connectivity index (χ1v) is 6.73. The molecule has 18 heavy (non-hydrogen) atoms. The number of aryl methyl sites for hydroxylation is 1. The minimum Gasteiger partial charge on any atom is -0.378 e. The zero-order chi connectivity index (χ0) is 13.7. The summed E-state index contributed by atoms with van der Waals surface area (Å²) in [6.07, 6.45) is 0. The van der Waals surface area contributed by atoms with Gasteiger partial charge in [-0.15, -0.1) is 0 Å². The van der Waals surface area contributed by atoms with Crippen molar-refractivity contribution in [2.24, 2.45) is 10.7 Å². The Labute approximate surface area is 125 Å². The Morgan fingerprint density at radius 3 is 2.22 bits per heavy atom. The van der Waals surface area contributed by atoms with E-state index in [4.69, 9.17) is 45.9 Å². The van der Waals surface area contributed by atoms with Gasteiger partial charge < -0.3 is 5.73 Å². The molecule has 0 saturated carbocycles. The smallest absolute Gasteiger partial charge is 0.160 e. The maximum absolute atomic E-state index is 7.30. The Morgan fingerprint density at radius 2 is 1.78 bits per heavy atom. The van der Waals surface area contributed by atoms with Crippen LogP contribution in [-0.4, -0.2) is 10.2 Å². The van der Waals surface area contributed by atoms with Gasteiger partial charge >= 0.3 is 0 Å². The Bertz CT molecular complexity index is 505. The second-order valence-corrected chi connectivity index (χ2v) is 5.64. The van der Waals surface area contributed by atoms with Crippen molar-refractivity contribution in [3.63, 3.8) is 0 Å². The minimum atomic E-state index is -0.134. The van der Waals surface area contributed by atoms with E-state index in [9.17, 15) is 0 Å². The summed E-state index contributed by atoms with van der Waals surface area (Å²) in [6.45, 7) is 1.97. The molecule has 1 rings (SSSR count). The number of nitrogens with one attached hydrogen (secondary N) is 1. The van der Waals surface area contributed by atoms with Crippen LogP contribution in [0.2, 0.25) is 0 Å². The summed E-state index contributed by atoms with van der Waals surface area (Å²) in [7, 11) is 0. The lowest BCUT2D eigenvalue weighted by molar-refractivity contribution is 1.45. The van der Waals surface area contributed by atoms with Crippen molar-refractivity contribution in [1.82, 2.24) is 0 Å². The van der Waals surface area contributed by atoms with Crippen LogP contribution in [-0.2, 0) is 0 Å². The number of nitrogens with two attached hydrogens (primary N) is 1. The topological polar surface area (TPSA) is 62.2 Å². The van der Waals surface area contributed by atoms with E-state index in [0.29, 0.717) is 5.04 Å². The summed E-state index contributed by atoms with van der Waals surface area (Å²) in [6, 6.07) is 7.56. The maximum atomic E-state index is 7.30. The predicted octanol–water partition coefficient (Wildman–Crippen LogP) is 4.21. The molecule has 0 aromatic heterocycles. The van der Waals surface area contributed by atoms with E-state index in [1.165, 1.54) is 0 Å². The van der Waals surface area contributed by atoms with Crippen LogP contribution in [0, 0.1) is 12.3 Å². The first-order chi connectivity index (χ1) is 8.40. The number of nitrogens with zero attached hydrogens (tertiary/aromatic N) is 1. The fourth-order valence-corrected chi connectivity index (χ4v) is 1.90. The molecule has 0 atom stereocenters. The maximum Gasteiger partial charge on any atom is 0.160 e. The molecule has 0 saturated heterocycles. The number of benzene rings is 1. The summed E-state index contributed by atoms with van der Waals surface area (Å²) in [5.74, 6) is 0. The lowest BCUT2D eigenvalue weighted by Crippen LogP contribution is -2.09. The van der Waals surface area contributed by atoms with Crippen LogP contribution in [0.3, 0.4) is 0 Å². The molecule has 0 aliphatic heterocycles. The molecule has 0 aliphatic rings. The molecule has 0 bridgehead atoms. The van der Waals surface area contributed by atoms with E-state index in [0.717, 1.165) is 22.9 Å². The lowest BCUT2D eigenvalue weighted by atomic mass is 10.2. The molecule has 1 aromatic carbocycles. The highest BCUT2D eigenvalue weighted by atomic mass is 35.5. The highest BCUT2D eigenvalue weighted by molar-refractivity contribution is 8.26. The van der Waals surface area contributed by atoms with Crippen LogP contribution < -0.4 is 5.73 Å². The van der Waals surface area contributed by atoms with Gasteiger partial charge in [0.05, 0.1) is 0 Å². The summed E-state index contributed by atoms with van der Waals surface area (Å²) in [5.41, 5.74) is 7.25. The average molecular weight is 323 g/mol. The second-order valence-electron chi connectivity index (χ2n) is 3.30. The fraction of sp³-hybridized carbons (Fsp3) is 0.0909. The summed E-state index contributed by atoms with van der Waals surface area (Å²) in [4.78, 5) is 4.06. The number of halogens is 3. The minimum absolute atomic E-state index is 0.0392. The quantitative estimate of drug-likeness (QED) is 0.486.